The summed E-state index contributed by atoms with van der Waals surface area (Å²) < 4.78 is 1.10. The Morgan fingerprint density at radius 1 is 1.55 bits per heavy atom. The molecular formula is C8H7IOS. The van der Waals surface area contributed by atoms with E-state index in [1.165, 1.54) is 0 Å². The summed E-state index contributed by atoms with van der Waals surface area (Å²) in [7, 11) is 0. The van der Waals surface area contributed by atoms with Crippen molar-refractivity contribution in [3.05, 3.63) is 32.9 Å². The first-order valence-electron chi connectivity index (χ1n) is 3.11. The molecule has 0 aliphatic rings. The Balaban J connectivity index is 3.27. The van der Waals surface area contributed by atoms with Gasteiger partial charge in [-0.1, -0.05) is 12.1 Å². The van der Waals surface area contributed by atoms with Crippen LogP contribution in [0, 0.1) is 10.5 Å². The molecule has 0 radical (unpaired) electrons. The van der Waals surface area contributed by atoms with E-state index in [1.54, 1.807) is 6.07 Å². The van der Waals surface area contributed by atoms with E-state index in [0.717, 1.165) is 9.13 Å². The fraction of sp³-hybridized carbons (Fsp3) is 0.125. The largest absolute Gasteiger partial charge is 0.282 e. The van der Waals surface area contributed by atoms with Gasteiger partial charge in [0.2, 0.25) is 5.12 Å². The lowest BCUT2D eigenvalue weighted by Crippen LogP contribution is -1.94. The minimum absolute atomic E-state index is 0.166. The molecule has 11 heavy (non-hydrogen) atoms. The third-order valence-corrected chi connectivity index (χ3v) is 2.91. The van der Waals surface area contributed by atoms with Gasteiger partial charge in [0.05, 0.1) is 0 Å². The maximum absolute atomic E-state index is 10.9. The zero-order valence-electron chi connectivity index (χ0n) is 5.97. The average Bonchev–Trinajstić information content (AvgIpc) is 1.94. The van der Waals surface area contributed by atoms with Crippen LogP contribution in [0.3, 0.4) is 0 Å². The third kappa shape index (κ3) is 1.96. The van der Waals surface area contributed by atoms with Crippen molar-refractivity contribution >= 4 is 40.3 Å². The molecule has 0 aromatic heterocycles. The van der Waals surface area contributed by atoms with Crippen LogP contribution < -0.4 is 0 Å². The van der Waals surface area contributed by atoms with Crippen LogP contribution in [0.2, 0.25) is 0 Å². The van der Waals surface area contributed by atoms with Gasteiger partial charge in [0.15, 0.2) is 0 Å². The summed E-state index contributed by atoms with van der Waals surface area (Å²) in [5.41, 5.74) is 1.70. The molecule has 3 heteroatoms. The first kappa shape index (κ1) is 9.06. The van der Waals surface area contributed by atoms with E-state index in [1.807, 2.05) is 19.1 Å². The zero-order chi connectivity index (χ0) is 8.43. The zero-order valence-corrected chi connectivity index (χ0v) is 9.02. The number of carbonyl (C=O) groups is 1. The molecule has 0 bridgehead atoms. The molecule has 0 unspecified atom stereocenters. The Hall–Kier alpha value is -0.0300. The van der Waals surface area contributed by atoms with Crippen LogP contribution in [-0.4, -0.2) is 5.12 Å². The van der Waals surface area contributed by atoms with Gasteiger partial charge in [-0.15, -0.1) is 12.6 Å². The molecule has 0 fully saturated rings. The summed E-state index contributed by atoms with van der Waals surface area (Å²) in [5, 5.41) is -0.166. The average molecular weight is 278 g/mol. The molecule has 1 aromatic carbocycles. The van der Waals surface area contributed by atoms with Gasteiger partial charge in [-0.25, -0.2) is 0 Å². The molecule has 1 rings (SSSR count). The van der Waals surface area contributed by atoms with Crippen molar-refractivity contribution in [3.63, 3.8) is 0 Å². The summed E-state index contributed by atoms with van der Waals surface area (Å²) >= 11 is 5.96. The van der Waals surface area contributed by atoms with Gasteiger partial charge in [0, 0.05) is 9.13 Å². The topological polar surface area (TPSA) is 17.1 Å². The van der Waals surface area contributed by atoms with Crippen LogP contribution in [0.4, 0.5) is 0 Å². The minimum Gasteiger partial charge on any atom is -0.282 e. The van der Waals surface area contributed by atoms with Gasteiger partial charge in [-0.3, -0.25) is 4.79 Å². The Morgan fingerprint density at radius 3 is 2.64 bits per heavy atom. The highest BCUT2D eigenvalue weighted by molar-refractivity contribution is 14.1. The van der Waals surface area contributed by atoms with Crippen molar-refractivity contribution in [2.75, 3.05) is 0 Å². The van der Waals surface area contributed by atoms with E-state index in [2.05, 4.69) is 35.2 Å². The van der Waals surface area contributed by atoms with Crippen molar-refractivity contribution in [1.82, 2.24) is 0 Å². The van der Waals surface area contributed by atoms with E-state index in [9.17, 15) is 4.79 Å². The summed E-state index contributed by atoms with van der Waals surface area (Å²) in [6.45, 7) is 1.92. The summed E-state index contributed by atoms with van der Waals surface area (Å²) in [4.78, 5) is 10.9. The van der Waals surface area contributed by atoms with Gasteiger partial charge in [0.1, 0.15) is 0 Å². The molecule has 1 aromatic rings. The number of hydrogen-bond donors (Lipinski definition) is 1. The molecule has 0 saturated carbocycles. The normalized spacial score (nSPS) is 9.73. The molecule has 0 heterocycles. The van der Waals surface area contributed by atoms with Gasteiger partial charge < -0.3 is 0 Å². The number of carbonyl (C=O) groups excluding carboxylic acids is 1. The molecule has 0 spiro atoms. The lowest BCUT2D eigenvalue weighted by Gasteiger charge is -2.01. The lowest BCUT2D eigenvalue weighted by atomic mass is 10.1. The number of thiol groups is 1. The smallest absolute Gasteiger partial charge is 0.216 e. The van der Waals surface area contributed by atoms with Gasteiger partial charge in [0.25, 0.3) is 0 Å². The van der Waals surface area contributed by atoms with Gasteiger partial charge in [-0.2, -0.15) is 0 Å². The van der Waals surface area contributed by atoms with Crippen LogP contribution in [0.1, 0.15) is 15.9 Å². The highest BCUT2D eigenvalue weighted by atomic mass is 127. The summed E-state index contributed by atoms with van der Waals surface area (Å²) in [5.74, 6) is 0. The summed E-state index contributed by atoms with van der Waals surface area (Å²) in [6, 6.07) is 5.61. The molecule has 58 valence electrons. The van der Waals surface area contributed by atoms with Crippen LogP contribution in [0.5, 0.6) is 0 Å². The van der Waals surface area contributed by atoms with Crippen molar-refractivity contribution in [2.45, 2.75) is 6.92 Å². The van der Waals surface area contributed by atoms with E-state index in [4.69, 9.17) is 0 Å². The Labute approximate surface area is 84.7 Å². The molecule has 0 aliphatic heterocycles. The third-order valence-electron chi connectivity index (χ3n) is 1.50. The van der Waals surface area contributed by atoms with Gasteiger partial charge in [-0.05, 0) is 41.1 Å². The highest BCUT2D eigenvalue weighted by Crippen LogP contribution is 2.16. The Bertz CT molecular complexity index is 296. The second-order valence-electron chi connectivity index (χ2n) is 2.22. The molecule has 1 nitrogen and oxygen atoms in total. The number of rotatable bonds is 1. The SMILES string of the molecule is Cc1c(I)cccc1C(=O)S. The molecular weight excluding hydrogens is 271 g/mol. The van der Waals surface area contributed by atoms with Crippen LogP contribution >= 0.6 is 35.2 Å². The van der Waals surface area contributed by atoms with E-state index in [0.29, 0.717) is 5.56 Å². The predicted octanol–water partition coefficient (Wildman–Crippen LogP) is 2.67. The second-order valence-corrected chi connectivity index (χ2v) is 3.79. The van der Waals surface area contributed by atoms with Crippen molar-refractivity contribution < 1.29 is 4.79 Å². The van der Waals surface area contributed by atoms with E-state index in [-0.39, 0.29) is 5.12 Å². The monoisotopic (exact) mass is 278 g/mol. The number of benzene rings is 1. The quantitative estimate of drug-likeness (QED) is 0.617. The van der Waals surface area contributed by atoms with Crippen molar-refractivity contribution in [1.29, 1.82) is 0 Å². The molecule has 0 atom stereocenters. The van der Waals surface area contributed by atoms with Crippen molar-refractivity contribution in [2.24, 2.45) is 0 Å². The van der Waals surface area contributed by atoms with Crippen molar-refractivity contribution in [3.8, 4) is 0 Å². The first-order chi connectivity index (χ1) is 5.13. The van der Waals surface area contributed by atoms with Crippen LogP contribution in [0.15, 0.2) is 18.2 Å². The second kappa shape index (κ2) is 3.58. The maximum atomic E-state index is 10.9. The van der Waals surface area contributed by atoms with E-state index >= 15 is 0 Å². The maximum Gasteiger partial charge on any atom is 0.216 e. The number of halogens is 1. The standard InChI is InChI=1S/C8H7IOS/c1-5-6(8(10)11)3-2-4-7(5)9/h2-4H,1H3,(H,10,11). The Kier molecular flexibility index (Phi) is 2.95. The van der Waals surface area contributed by atoms with Gasteiger partial charge >= 0.3 is 0 Å². The molecule has 0 amide bonds. The first-order valence-corrected chi connectivity index (χ1v) is 4.64. The summed E-state index contributed by atoms with van der Waals surface area (Å²) in [6.07, 6.45) is 0. The van der Waals surface area contributed by atoms with Crippen LogP contribution in [-0.2, 0) is 0 Å². The van der Waals surface area contributed by atoms with E-state index < -0.39 is 0 Å². The molecule has 0 saturated heterocycles. The highest BCUT2D eigenvalue weighted by Gasteiger charge is 2.05. The van der Waals surface area contributed by atoms with Crippen LogP contribution in [0.25, 0.3) is 0 Å². The fourth-order valence-corrected chi connectivity index (χ4v) is 1.58. The predicted molar refractivity (Wildman–Crippen MR) is 57.2 cm³/mol. The minimum atomic E-state index is -0.166. The fourth-order valence-electron chi connectivity index (χ4n) is 0.839. The number of hydrogen-bond acceptors (Lipinski definition) is 1. The molecule has 0 N–H and O–H groups in total. The Morgan fingerprint density at radius 2 is 2.18 bits per heavy atom. The molecule has 0 aliphatic carbocycles. The lowest BCUT2D eigenvalue weighted by molar-refractivity contribution is 0.109.